The van der Waals surface area contributed by atoms with Crippen molar-refractivity contribution in [3.8, 4) is 0 Å². The van der Waals surface area contributed by atoms with E-state index in [-0.39, 0.29) is 0 Å². The molecule has 12 heavy (non-hydrogen) atoms. The molecule has 0 saturated carbocycles. The molecule has 0 atom stereocenters. The third kappa shape index (κ3) is 22.6. The molecule has 0 spiro atoms. The Morgan fingerprint density at radius 2 is 1.58 bits per heavy atom. The molecule has 1 N–H and O–H groups in total. The van der Waals surface area contributed by atoms with Crippen molar-refractivity contribution in [1.29, 1.82) is 0 Å². The van der Waals surface area contributed by atoms with Crippen molar-refractivity contribution in [2.24, 2.45) is 0 Å². The molecule has 1 heteroatoms. The average Bonchev–Trinajstić information content (AvgIpc) is 1.87. The fourth-order valence-corrected chi connectivity index (χ4v) is 0.871. The Morgan fingerprint density at radius 3 is 1.58 bits per heavy atom. The number of nitrogens with one attached hydrogen (secondary N) is 1. The van der Waals surface area contributed by atoms with Gasteiger partial charge in [-0.15, -0.1) is 6.58 Å². The Hall–Kier alpha value is -0.300. The van der Waals surface area contributed by atoms with E-state index in [1.54, 1.807) is 0 Å². The number of allylic oxidation sites excluding steroid dienone is 1. The SMILES string of the molecule is C=CCCC.CC(C)NC(C)C. The lowest BCUT2D eigenvalue weighted by molar-refractivity contribution is 0.518. The Morgan fingerprint density at radius 1 is 1.17 bits per heavy atom. The van der Waals surface area contributed by atoms with E-state index in [0.717, 1.165) is 6.42 Å². The van der Waals surface area contributed by atoms with Crippen molar-refractivity contribution >= 4 is 0 Å². The quantitative estimate of drug-likeness (QED) is 0.639. The van der Waals surface area contributed by atoms with E-state index in [2.05, 4.69) is 46.5 Å². The lowest BCUT2D eigenvalue weighted by Gasteiger charge is -2.10. The predicted octanol–water partition coefficient (Wildman–Crippen LogP) is 3.37. The van der Waals surface area contributed by atoms with Gasteiger partial charge in [0.15, 0.2) is 0 Å². The lowest BCUT2D eigenvalue weighted by atomic mass is 10.3. The Kier molecular flexibility index (Phi) is 12.7. The van der Waals surface area contributed by atoms with Gasteiger partial charge in [-0.25, -0.2) is 0 Å². The summed E-state index contributed by atoms with van der Waals surface area (Å²) in [6.45, 7) is 14.3. The molecule has 0 aromatic rings. The summed E-state index contributed by atoms with van der Waals surface area (Å²) in [5.74, 6) is 0. The molecule has 0 rings (SSSR count). The molecule has 0 radical (unpaired) electrons. The molecule has 0 aliphatic carbocycles. The zero-order valence-corrected chi connectivity index (χ0v) is 9.35. The molecule has 0 fully saturated rings. The summed E-state index contributed by atoms with van der Waals surface area (Å²) in [5, 5.41) is 3.31. The largest absolute Gasteiger partial charge is 0.312 e. The van der Waals surface area contributed by atoms with Crippen molar-refractivity contribution in [3.63, 3.8) is 0 Å². The monoisotopic (exact) mass is 171 g/mol. The van der Waals surface area contributed by atoms with Gasteiger partial charge in [0.25, 0.3) is 0 Å². The first-order valence-electron chi connectivity index (χ1n) is 4.91. The average molecular weight is 171 g/mol. The second-order valence-corrected chi connectivity index (χ2v) is 3.55. The van der Waals surface area contributed by atoms with Crippen LogP contribution in [0.2, 0.25) is 0 Å². The second kappa shape index (κ2) is 10.7. The fraction of sp³-hybridized carbons (Fsp3) is 0.818. The first kappa shape index (κ1) is 14.2. The van der Waals surface area contributed by atoms with Gasteiger partial charge < -0.3 is 5.32 Å². The van der Waals surface area contributed by atoms with Crippen LogP contribution in [-0.2, 0) is 0 Å². The van der Waals surface area contributed by atoms with Gasteiger partial charge in [0, 0.05) is 12.1 Å². The molecule has 0 amide bonds. The minimum Gasteiger partial charge on any atom is -0.312 e. The van der Waals surface area contributed by atoms with Crippen LogP contribution in [0.25, 0.3) is 0 Å². The van der Waals surface area contributed by atoms with Crippen LogP contribution in [0.4, 0.5) is 0 Å². The van der Waals surface area contributed by atoms with Crippen LogP contribution in [0.1, 0.15) is 47.5 Å². The lowest BCUT2D eigenvalue weighted by Crippen LogP contribution is -2.29. The van der Waals surface area contributed by atoms with Crippen molar-refractivity contribution in [2.75, 3.05) is 0 Å². The van der Waals surface area contributed by atoms with Crippen LogP contribution in [0.15, 0.2) is 12.7 Å². The highest BCUT2D eigenvalue weighted by molar-refractivity contribution is 4.63. The Labute approximate surface area is 78.3 Å². The molecular formula is C11H25N. The van der Waals surface area contributed by atoms with Crippen LogP contribution in [0.5, 0.6) is 0 Å². The molecule has 0 aliphatic rings. The van der Waals surface area contributed by atoms with Crippen molar-refractivity contribution < 1.29 is 0 Å². The van der Waals surface area contributed by atoms with Crippen molar-refractivity contribution in [3.05, 3.63) is 12.7 Å². The molecule has 74 valence electrons. The molecule has 0 saturated heterocycles. The van der Waals surface area contributed by atoms with Gasteiger partial charge in [0.2, 0.25) is 0 Å². The summed E-state index contributed by atoms with van der Waals surface area (Å²) in [6.07, 6.45) is 4.31. The molecule has 0 heterocycles. The van der Waals surface area contributed by atoms with Gasteiger partial charge in [-0.2, -0.15) is 0 Å². The molecule has 0 aromatic carbocycles. The molecule has 0 aliphatic heterocycles. The van der Waals surface area contributed by atoms with Gasteiger partial charge in [-0.05, 0) is 6.42 Å². The van der Waals surface area contributed by atoms with Crippen molar-refractivity contribution in [2.45, 2.75) is 59.5 Å². The summed E-state index contributed by atoms with van der Waals surface area (Å²) >= 11 is 0. The molecule has 0 unspecified atom stereocenters. The molecular weight excluding hydrogens is 146 g/mol. The normalized spacial score (nSPS) is 9.58. The van der Waals surface area contributed by atoms with E-state index in [1.807, 2.05) is 6.08 Å². The smallest absolute Gasteiger partial charge is 0.00127 e. The maximum atomic E-state index is 3.55. The minimum absolute atomic E-state index is 0.625. The predicted molar refractivity (Wildman–Crippen MR) is 58.5 cm³/mol. The highest BCUT2D eigenvalue weighted by Crippen LogP contribution is 1.82. The topological polar surface area (TPSA) is 12.0 Å². The van der Waals surface area contributed by atoms with Gasteiger partial charge in [-0.1, -0.05) is 47.1 Å². The highest BCUT2D eigenvalue weighted by atomic mass is 14.9. The van der Waals surface area contributed by atoms with E-state index in [9.17, 15) is 0 Å². The first-order valence-corrected chi connectivity index (χ1v) is 4.91. The van der Waals surface area contributed by atoms with Crippen LogP contribution in [0, 0.1) is 0 Å². The fourth-order valence-electron chi connectivity index (χ4n) is 0.871. The molecule has 0 bridgehead atoms. The van der Waals surface area contributed by atoms with E-state index in [4.69, 9.17) is 0 Å². The zero-order valence-electron chi connectivity index (χ0n) is 9.35. The second-order valence-electron chi connectivity index (χ2n) is 3.55. The zero-order chi connectivity index (χ0) is 9.98. The van der Waals surface area contributed by atoms with E-state index < -0.39 is 0 Å². The van der Waals surface area contributed by atoms with Gasteiger partial charge >= 0.3 is 0 Å². The van der Waals surface area contributed by atoms with Crippen LogP contribution < -0.4 is 5.32 Å². The summed E-state index contributed by atoms with van der Waals surface area (Å²) < 4.78 is 0. The highest BCUT2D eigenvalue weighted by Gasteiger charge is 1.92. The maximum absolute atomic E-state index is 3.55. The molecule has 1 nitrogen and oxygen atoms in total. The number of hydrogen-bond acceptors (Lipinski definition) is 1. The van der Waals surface area contributed by atoms with Crippen LogP contribution >= 0.6 is 0 Å². The van der Waals surface area contributed by atoms with Gasteiger partial charge in [0.05, 0.1) is 0 Å². The van der Waals surface area contributed by atoms with E-state index in [0.29, 0.717) is 12.1 Å². The van der Waals surface area contributed by atoms with Crippen molar-refractivity contribution in [1.82, 2.24) is 5.32 Å². The van der Waals surface area contributed by atoms with Crippen LogP contribution in [-0.4, -0.2) is 12.1 Å². The van der Waals surface area contributed by atoms with E-state index >= 15 is 0 Å². The first-order chi connectivity index (χ1) is 5.54. The van der Waals surface area contributed by atoms with Gasteiger partial charge in [0.1, 0.15) is 0 Å². The minimum atomic E-state index is 0.625. The summed E-state index contributed by atoms with van der Waals surface area (Å²) in [4.78, 5) is 0. The number of hydrogen-bond donors (Lipinski definition) is 1. The van der Waals surface area contributed by atoms with Gasteiger partial charge in [-0.3, -0.25) is 0 Å². The molecule has 0 aromatic heterocycles. The van der Waals surface area contributed by atoms with E-state index in [1.165, 1.54) is 6.42 Å². The summed E-state index contributed by atoms with van der Waals surface area (Å²) in [5.41, 5.74) is 0. The maximum Gasteiger partial charge on any atom is 0.00127 e. The summed E-state index contributed by atoms with van der Waals surface area (Å²) in [7, 11) is 0. The number of unbranched alkanes of at least 4 members (excludes halogenated alkanes) is 1. The Bertz CT molecular complexity index is 79.0. The number of rotatable bonds is 4. The third-order valence-corrected chi connectivity index (χ3v) is 1.16. The van der Waals surface area contributed by atoms with Crippen LogP contribution in [0.3, 0.4) is 0 Å². The standard InChI is InChI=1S/C6H15N.C5H10/c1-5(2)7-6(3)4;1-3-5-4-2/h5-7H,1-4H3;3H,1,4-5H2,2H3. The summed E-state index contributed by atoms with van der Waals surface area (Å²) in [6, 6.07) is 1.25. The Balaban J connectivity index is 0. The third-order valence-electron chi connectivity index (χ3n) is 1.16.